The first-order valence-corrected chi connectivity index (χ1v) is 12.4. The van der Waals surface area contributed by atoms with Crippen LogP contribution < -0.4 is 4.74 Å². The number of alkyl halides is 2. The Hall–Kier alpha value is -3.45. The van der Waals surface area contributed by atoms with Crippen molar-refractivity contribution in [2.24, 2.45) is 0 Å². The molecule has 37 heavy (non-hydrogen) atoms. The van der Waals surface area contributed by atoms with Gasteiger partial charge in [0.05, 0.1) is 23.2 Å². The van der Waals surface area contributed by atoms with Crippen molar-refractivity contribution in [1.29, 1.82) is 0 Å². The van der Waals surface area contributed by atoms with Gasteiger partial charge in [0.15, 0.2) is 5.78 Å². The molecule has 192 valence electrons. The Morgan fingerprint density at radius 2 is 1.86 bits per heavy atom. The molecule has 0 radical (unpaired) electrons. The second-order valence-electron chi connectivity index (χ2n) is 10.8. The summed E-state index contributed by atoms with van der Waals surface area (Å²) in [6, 6.07) is 10.6. The van der Waals surface area contributed by atoms with E-state index in [1.165, 1.54) is 13.0 Å². The van der Waals surface area contributed by atoms with Gasteiger partial charge in [0, 0.05) is 35.9 Å². The number of nitrogens with zero attached hydrogens (tertiary/aromatic N) is 2. The molecule has 5 rings (SSSR count). The highest BCUT2D eigenvalue weighted by Gasteiger charge is 2.32. The number of hydrogen-bond donors (Lipinski definition) is 0. The van der Waals surface area contributed by atoms with Crippen molar-refractivity contribution in [2.45, 2.75) is 65.6 Å². The highest BCUT2D eigenvalue weighted by molar-refractivity contribution is 6.08. The Labute approximate surface area is 214 Å². The summed E-state index contributed by atoms with van der Waals surface area (Å²) in [5.74, 6) is -2.48. The predicted molar refractivity (Wildman–Crippen MR) is 140 cm³/mol. The third kappa shape index (κ3) is 4.57. The molecule has 0 bridgehead atoms. The molecule has 1 aliphatic rings. The highest BCUT2D eigenvalue weighted by atomic mass is 19.3. The molecule has 0 aliphatic carbocycles. The number of benzene rings is 2. The number of carbonyl (C=O) groups excluding carboxylic acids is 1. The minimum Gasteiger partial charge on any atom is -0.493 e. The average molecular weight is 505 g/mol. The molecule has 5 nitrogen and oxygen atoms in total. The number of aromatic nitrogens is 2. The number of rotatable bonds is 5. The first kappa shape index (κ1) is 25.2. The molecule has 0 amide bonds. The fourth-order valence-corrected chi connectivity index (χ4v) is 5.10. The maximum absolute atomic E-state index is 14.2. The Kier molecular flexibility index (Phi) is 6.02. The molecule has 0 spiro atoms. The summed E-state index contributed by atoms with van der Waals surface area (Å²) in [6.07, 6.45) is 1.67. The SMILES string of the molecule is CC(=O)C(OC(C)(C)C)c1c(C)cc2nc(C(C)(F)F)ccc2c1-c1ccc2c3c(ccnc13)CCO2. The minimum absolute atomic E-state index is 0.151. The third-order valence-electron chi connectivity index (χ3n) is 6.63. The van der Waals surface area contributed by atoms with E-state index in [4.69, 9.17) is 14.5 Å². The Bertz CT molecular complexity index is 1540. The van der Waals surface area contributed by atoms with E-state index < -0.39 is 17.6 Å². The fourth-order valence-electron chi connectivity index (χ4n) is 5.10. The number of halogens is 2. The number of ether oxygens (including phenoxy) is 2. The third-order valence-corrected chi connectivity index (χ3v) is 6.63. The van der Waals surface area contributed by atoms with Gasteiger partial charge in [-0.3, -0.25) is 9.78 Å². The molecule has 0 saturated heterocycles. The quantitative estimate of drug-likeness (QED) is 0.286. The summed E-state index contributed by atoms with van der Waals surface area (Å²) in [5.41, 5.74) is 4.27. The van der Waals surface area contributed by atoms with Crippen molar-refractivity contribution in [3.63, 3.8) is 0 Å². The van der Waals surface area contributed by atoms with Gasteiger partial charge in [0.1, 0.15) is 17.5 Å². The summed E-state index contributed by atoms with van der Waals surface area (Å²) >= 11 is 0. The van der Waals surface area contributed by atoms with Crippen LogP contribution >= 0.6 is 0 Å². The second kappa shape index (κ2) is 8.84. The molecule has 4 aromatic rings. The lowest BCUT2D eigenvalue weighted by molar-refractivity contribution is -0.138. The summed E-state index contributed by atoms with van der Waals surface area (Å²) in [7, 11) is 0. The molecule has 2 aromatic carbocycles. The zero-order chi connectivity index (χ0) is 26.7. The molecule has 3 heterocycles. The smallest absolute Gasteiger partial charge is 0.286 e. The summed E-state index contributed by atoms with van der Waals surface area (Å²) in [6.45, 7) is 10.5. The first-order valence-electron chi connectivity index (χ1n) is 12.4. The summed E-state index contributed by atoms with van der Waals surface area (Å²) in [4.78, 5) is 22.1. The summed E-state index contributed by atoms with van der Waals surface area (Å²) in [5, 5.41) is 1.57. The zero-order valence-corrected chi connectivity index (χ0v) is 21.9. The molecule has 0 saturated carbocycles. The van der Waals surface area contributed by atoms with Crippen LogP contribution in [0.4, 0.5) is 8.78 Å². The molecule has 0 fully saturated rings. The van der Waals surface area contributed by atoms with Gasteiger partial charge < -0.3 is 9.47 Å². The monoisotopic (exact) mass is 504 g/mol. The lowest BCUT2D eigenvalue weighted by Crippen LogP contribution is -2.27. The zero-order valence-electron chi connectivity index (χ0n) is 21.9. The van der Waals surface area contributed by atoms with E-state index in [0.717, 1.165) is 46.7 Å². The van der Waals surface area contributed by atoms with E-state index in [9.17, 15) is 13.6 Å². The number of ketones is 1. The van der Waals surface area contributed by atoms with Gasteiger partial charge in [-0.05, 0) is 87.2 Å². The van der Waals surface area contributed by atoms with Gasteiger partial charge in [0.2, 0.25) is 0 Å². The molecular formula is C30H30F2N2O3. The number of pyridine rings is 2. The Morgan fingerprint density at radius 3 is 2.54 bits per heavy atom. The number of fused-ring (bicyclic) bond motifs is 1. The van der Waals surface area contributed by atoms with E-state index in [1.54, 1.807) is 18.3 Å². The second-order valence-corrected chi connectivity index (χ2v) is 10.8. The predicted octanol–water partition coefficient (Wildman–Crippen LogP) is 7.25. The van der Waals surface area contributed by atoms with Gasteiger partial charge in [-0.2, -0.15) is 8.78 Å². The normalized spacial score (nSPS) is 14.6. The van der Waals surface area contributed by atoms with Crippen LogP contribution in [0.1, 0.15) is 63.1 Å². The highest BCUT2D eigenvalue weighted by Crippen LogP contribution is 2.45. The standard InChI is InChI=1S/C30H30F2N2O3/c1-16-15-21-19(8-10-23(34-21)30(6,31)32)26(24(16)28(17(2)35)37-29(3,4)5)20-7-9-22-25-18(12-14-36-22)11-13-33-27(20)25/h7-11,13,15,28H,12,14H2,1-6H3. The van der Waals surface area contributed by atoms with Crippen molar-refractivity contribution in [2.75, 3.05) is 6.61 Å². The van der Waals surface area contributed by atoms with Crippen molar-refractivity contribution in [1.82, 2.24) is 9.97 Å². The molecular weight excluding hydrogens is 474 g/mol. The topological polar surface area (TPSA) is 61.3 Å². The van der Waals surface area contributed by atoms with Crippen molar-refractivity contribution in [3.8, 4) is 16.9 Å². The van der Waals surface area contributed by atoms with E-state index in [1.807, 2.05) is 45.9 Å². The van der Waals surface area contributed by atoms with Gasteiger partial charge in [-0.15, -0.1) is 0 Å². The number of aryl methyl sites for hydroxylation is 1. The van der Waals surface area contributed by atoms with Gasteiger partial charge >= 0.3 is 0 Å². The molecule has 1 aliphatic heterocycles. The molecule has 1 unspecified atom stereocenters. The average Bonchev–Trinajstić information content (AvgIpc) is 2.81. The Morgan fingerprint density at radius 1 is 1.11 bits per heavy atom. The lowest BCUT2D eigenvalue weighted by atomic mass is 9.85. The molecule has 7 heteroatoms. The van der Waals surface area contributed by atoms with Crippen LogP contribution in [0, 0.1) is 6.92 Å². The summed E-state index contributed by atoms with van der Waals surface area (Å²) < 4.78 is 40.6. The Balaban J connectivity index is 1.91. The van der Waals surface area contributed by atoms with E-state index >= 15 is 0 Å². The molecule has 1 atom stereocenters. The van der Waals surface area contributed by atoms with E-state index in [-0.39, 0.29) is 11.5 Å². The van der Waals surface area contributed by atoms with Crippen LogP contribution in [0.5, 0.6) is 5.75 Å². The number of hydrogen-bond acceptors (Lipinski definition) is 5. The number of Topliss-reactive ketones (excluding diaryl/α,β-unsaturated/α-hetero) is 1. The first-order chi connectivity index (χ1) is 17.3. The van der Waals surface area contributed by atoms with E-state index in [0.29, 0.717) is 28.6 Å². The largest absolute Gasteiger partial charge is 0.493 e. The fraction of sp³-hybridized carbons (Fsp3) is 0.367. The minimum atomic E-state index is -3.09. The van der Waals surface area contributed by atoms with Crippen LogP contribution in [0.2, 0.25) is 0 Å². The van der Waals surface area contributed by atoms with Crippen molar-refractivity contribution < 1.29 is 23.0 Å². The van der Waals surface area contributed by atoms with Crippen LogP contribution in [0.15, 0.2) is 42.6 Å². The van der Waals surface area contributed by atoms with Crippen molar-refractivity contribution >= 4 is 27.6 Å². The van der Waals surface area contributed by atoms with Crippen molar-refractivity contribution in [3.05, 3.63) is 65.0 Å². The van der Waals surface area contributed by atoms with Crippen LogP contribution in [-0.2, 0) is 21.9 Å². The maximum Gasteiger partial charge on any atom is 0.286 e. The van der Waals surface area contributed by atoms with Gasteiger partial charge in [0.25, 0.3) is 5.92 Å². The molecule has 2 aromatic heterocycles. The van der Waals surface area contributed by atoms with Gasteiger partial charge in [-0.25, -0.2) is 4.98 Å². The molecule has 0 N–H and O–H groups in total. The van der Waals surface area contributed by atoms with E-state index in [2.05, 4.69) is 4.98 Å². The number of carbonyl (C=O) groups is 1. The maximum atomic E-state index is 14.2. The lowest BCUT2D eigenvalue weighted by Gasteiger charge is -2.30. The van der Waals surface area contributed by atoms with Gasteiger partial charge in [-0.1, -0.05) is 6.07 Å². The van der Waals surface area contributed by atoms with Crippen LogP contribution in [0.3, 0.4) is 0 Å². The van der Waals surface area contributed by atoms with Crippen LogP contribution in [-0.4, -0.2) is 28.0 Å². The van der Waals surface area contributed by atoms with Crippen LogP contribution in [0.25, 0.3) is 32.9 Å².